The van der Waals surface area contributed by atoms with Crippen LogP contribution in [-0.2, 0) is 11.2 Å². The molecule has 8 heteroatoms. The predicted molar refractivity (Wildman–Crippen MR) is 93.7 cm³/mol. The van der Waals surface area contributed by atoms with Crippen molar-refractivity contribution >= 4 is 22.7 Å². The van der Waals surface area contributed by atoms with Gasteiger partial charge < -0.3 is 15.6 Å². The quantitative estimate of drug-likeness (QED) is 0.580. The number of rotatable bonds is 6. The van der Waals surface area contributed by atoms with E-state index >= 15 is 0 Å². The second-order valence-electron chi connectivity index (χ2n) is 5.87. The lowest BCUT2D eigenvalue weighted by molar-refractivity contribution is -0.120. The SMILES string of the molecule is O=C(CNC(=O)c1ccc(F)c(F)c1F)NCCc1c[nH]c2ccccc12. The summed E-state index contributed by atoms with van der Waals surface area (Å²) in [6.45, 7) is -0.0682. The number of fused-ring (bicyclic) bond motifs is 1. The first-order chi connectivity index (χ1) is 13.0. The van der Waals surface area contributed by atoms with Crippen LogP contribution in [0.15, 0.2) is 42.6 Å². The number of hydrogen-bond acceptors (Lipinski definition) is 2. The maximum atomic E-state index is 13.5. The van der Waals surface area contributed by atoms with Gasteiger partial charge in [-0.2, -0.15) is 0 Å². The van der Waals surface area contributed by atoms with Crippen molar-refractivity contribution in [3.63, 3.8) is 0 Å². The molecule has 0 saturated heterocycles. The molecule has 0 spiro atoms. The van der Waals surface area contributed by atoms with Gasteiger partial charge in [-0.25, -0.2) is 13.2 Å². The normalized spacial score (nSPS) is 10.8. The van der Waals surface area contributed by atoms with Crippen LogP contribution in [0.25, 0.3) is 10.9 Å². The Kier molecular flexibility index (Phi) is 5.44. The highest BCUT2D eigenvalue weighted by Crippen LogP contribution is 2.17. The fourth-order valence-corrected chi connectivity index (χ4v) is 2.69. The average molecular weight is 375 g/mol. The molecule has 27 heavy (non-hydrogen) atoms. The Morgan fingerprint density at radius 2 is 1.74 bits per heavy atom. The van der Waals surface area contributed by atoms with Crippen LogP contribution in [0.1, 0.15) is 15.9 Å². The van der Waals surface area contributed by atoms with Gasteiger partial charge in [0.25, 0.3) is 5.91 Å². The zero-order valence-electron chi connectivity index (χ0n) is 14.1. The number of amides is 2. The van der Waals surface area contributed by atoms with Crippen LogP contribution in [0.3, 0.4) is 0 Å². The number of benzene rings is 2. The Hall–Kier alpha value is -3.29. The maximum Gasteiger partial charge on any atom is 0.254 e. The van der Waals surface area contributed by atoms with Gasteiger partial charge in [0.1, 0.15) is 0 Å². The minimum Gasteiger partial charge on any atom is -0.361 e. The fourth-order valence-electron chi connectivity index (χ4n) is 2.69. The van der Waals surface area contributed by atoms with Gasteiger partial charge in [-0.15, -0.1) is 0 Å². The molecule has 0 bridgehead atoms. The molecule has 3 N–H and O–H groups in total. The molecule has 0 atom stereocenters. The molecule has 0 saturated carbocycles. The lowest BCUT2D eigenvalue weighted by Crippen LogP contribution is -2.38. The highest BCUT2D eigenvalue weighted by molar-refractivity contribution is 5.96. The lowest BCUT2D eigenvalue weighted by Gasteiger charge is -2.08. The van der Waals surface area contributed by atoms with Crippen molar-refractivity contribution in [3.8, 4) is 0 Å². The molecule has 0 aliphatic heterocycles. The molecule has 2 aromatic carbocycles. The van der Waals surface area contributed by atoms with Crippen molar-refractivity contribution in [1.29, 1.82) is 0 Å². The molecule has 140 valence electrons. The van der Waals surface area contributed by atoms with Crippen LogP contribution < -0.4 is 10.6 Å². The van der Waals surface area contributed by atoms with E-state index in [1.807, 2.05) is 30.5 Å². The van der Waals surface area contributed by atoms with Crippen LogP contribution in [-0.4, -0.2) is 29.9 Å². The monoisotopic (exact) mass is 375 g/mol. The Balaban J connectivity index is 1.48. The summed E-state index contributed by atoms with van der Waals surface area (Å²) in [6.07, 6.45) is 2.45. The highest BCUT2D eigenvalue weighted by Gasteiger charge is 2.19. The van der Waals surface area contributed by atoms with Crippen molar-refractivity contribution < 1.29 is 22.8 Å². The molecule has 3 rings (SSSR count). The zero-order valence-corrected chi connectivity index (χ0v) is 14.1. The van der Waals surface area contributed by atoms with E-state index in [9.17, 15) is 22.8 Å². The molecule has 0 fully saturated rings. The number of aromatic nitrogens is 1. The second kappa shape index (κ2) is 7.94. The molecule has 1 aromatic heterocycles. The van der Waals surface area contributed by atoms with Gasteiger partial charge in [0.15, 0.2) is 17.5 Å². The van der Waals surface area contributed by atoms with Gasteiger partial charge >= 0.3 is 0 Å². The third-order valence-corrected chi connectivity index (χ3v) is 4.08. The molecule has 0 aliphatic carbocycles. The van der Waals surface area contributed by atoms with Gasteiger partial charge in [-0.3, -0.25) is 9.59 Å². The Morgan fingerprint density at radius 3 is 2.56 bits per heavy atom. The van der Waals surface area contributed by atoms with Crippen molar-refractivity contribution in [2.24, 2.45) is 0 Å². The number of carbonyl (C=O) groups excluding carboxylic acids is 2. The number of hydrogen-bond donors (Lipinski definition) is 3. The van der Waals surface area contributed by atoms with E-state index in [1.165, 1.54) is 0 Å². The summed E-state index contributed by atoms with van der Waals surface area (Å²) in [5.41, 5.74) is 1.37. The van der Waals surface area contributed by atoms with Crippen LogP contribution in [0.2, 0.25) is 0 Å². The molecule has 3 aromatic rings. The molecule has 2 amide bonds. The number of aromatic amines is 1. The van der Waals surface area contributed by atoms with Gasteiger partial charge in [0, 0.05) is 23.6 Å². The van der Waals surface area contributed by atoms with Crippen molar-refractivity contribution in [2.45, 2.75) is 6.42 Å². The summed E-state index contributed by atoms with van der Waals surface area (Å²) in [7, 11) is 0. The molecular formula is C19H16F3N3O2. The fraction of sp³-hybridized carbons (Fsp3) is 0.158. The molecule has 0 radical (unpaired) electrons. The Bertz CT molecular complexity index is 1000. The van der Waals surface area contributed by atoms with Crippen LogP contribution in [0.4, 0.5) is 13.2 Å². The Morgan fingerprint density at radius 1 is 0.963 bits per heavy atom. The molecule has 0 aliphatic rings. The van der Waals surface area contributed by atoms with Crippen LogP contribution in [0.5, 0.6) is 0 Å². The maximum absolute atomic E-state index is 13.5. The van der Waals surface area contributed by atoms with E-state index in [4.69, 9.17) is 0 Å². The number of para-hydroxylation sites is 1. The third-order valence-electron chi connectivity index (χ3n) is 4.08. The van der Waals surface area contributed by atoms with Crippen LogP contribution in [0, 0.1) is 17.5 Å². The molecule has 5 nitrogen and oxygen atoms in total. The van der Waals surface area contributed by atoms with E-state index in [0.29, 0.717) is 19.0 Å². The number of nitrogens with one attached hydrogen (secondary N) is 3. The van der Waals surface area contributed by atoms with Crippen molar-refractivity contribution in [3.05, 3.63) is 71.2 Å². The summed E-state index contributed by atoms with van der Waals surface area (Å²) in [6, 6.07) is 9.23. The summed E-state index contributed by atoms with van der Waals surface area (Å²) in [4.78, 5) is 26.8. The molecular weight excluding hydrogens is 359 g/mol. The van der Waals surface area contributed by atoms with E-state index in [1.54, 1.807) is 0 Å². The van der Waals surface area contributed by atoms with Crippen LogP contribution >= 0.6 is 0 Å². The summed E-state index contributed by atoms with van der Waals surface area (Å²) in [5.74, 6) is -6.19. The summed E-state index contributed by atoms with van der Waals surface area (Å²) >= 11 is 0. The average Bonchev–Trinajstić information content (AvgIpc) is 3.07. The second-order valence-corrected chi connectivity index (χ2v) is 5.87. The minimum absolute atomic E-state index is 0.343. The zero-order chi connectivity index (χ0) is 19.4. The third kappa shape index (κ3) is 4.11. The topological polar surface area (TPSA) is 74.0 Å². The minimum atomic E-state index is -1.73. The highest BCUT2D eigenvalue weighted by atomic mass is 19.2. The standard InChI is InChI=1S/C19H16F3N3O2/c20-14-6-5-13(17(21)18(14)22)19(27)25-10-16(26)23-8-7-11-9-24-15-4-2-1-3-12(11)15/h1-6,9,24H,7-8,10H2,(H,23,26)(H,25,27). The Labute approximate surface area is 152 Å². The smallest absolute Gasteiger partial charge is 0.254 e. The van der Waals surface area contributed by atoms with Gasteiger partial charge in [0.05, 0.1) is 12.1 Å². The van der Waals surface area contributed by atoms with E-state index in [0.717, 1.165) is 22.5 Å². The van der Waals surface area contributed by atoms with Gasteiger partial charge in [-0.1, -0.05) is 18.2 Å². The van der Waals surface area contributed by atoms with E-state index in [2.05, 4.69) is 15.6 Å². The first kappa shape index (κ1) is 18.5. The lowest BCUT2D eigenvalue weighted by atomic mass is 10.1. The predicted octanol–water partition coefficient (Wildman–Crippen LogP) is 2.67. The largest absolute Gasteiger partial charge is 0.361 e. The van der Waals surface area contributed by atoms with Gasteiger partial charge in [0.2, 0.25) is 5.91 Å². The first-order valence-corrected chi connectivity index (χ1v) is 8.20. The molecule has 0 unspecified atom stereocenters. The van der Waals surface area contributed by atoms with E-state index in [-0.39, 0.29) is 0 Å². The number of halogens is 3. The summed E-state index contributed by atoms with van der Waals surface area (Å²) < 4.78 is 39.6. The van der Waals surface area contributed by atoms with Crippen molar-refractivity contribution in [1.82, 2.24) is 15.6 Å². The van der Waals surface area contributed by atoms with E-state index < -0.39 is 41.4 Å². The van der Waals surface area contributed by atoms with Crippen molar-refractivity contribution in [2.75, 3.05) is 13.1 Å². The number of H-pyrrole nitrogens is 1. The summed E-state index contributed by atoms with van der Waals surface area (Å²) in [5, 5.41) is 5.87. The number of carbonyl (C=O) groups is 2. The first-order valence-electron chi connectivity index (χ1n) is 8.20. The van der Waals surface area contributed by atoms with Gasteiger partial charge in [-0.05, 0) is 30.2 Å². The molecule has 1 heterocycles.